The van der Waals surface area contributed by atoms with Crippen molar-refractivity contribution in [1.82, 2.24) is 60.0 Å². The molecule has 2 heterocycles. The number of nitrogens with one attached hydrogen (secondary N) is 3. The maximum Gasteiger partial charge on any atom is 0.393 e. The fourth-order valence-corrected chi connectivity index (χ4v) is 18.2. The highest BCUT2D eigenvalue weighted by molar-refractivity contribution is 6.21. The number of likely N-dealkylation sites (N-methyl/N-ethyl adjacent to an activating group) is 8. The molecular weight excluding hydrogens is 1380 g/mol. The topological polar surface area (TPSA) is 270 Å². The molecule has 2 saturated heterocycles. The summed E-state index contributed by atoms with van der Waals surface area (Å²) in [6, 6.07) is -8.65. The highest BCUT2D eigenvalue weighted by Gasteiger charge is 2.52. The molecule has 0 aromatic carbocycles. The average molecular weight is 1500 g/mol. The first-order valence-corrected chi connectivity index (χ1v) is 40.0. The molecule has 7 aliphatic rings. The fraction of sp³-hybridized carbons (Fsp3) is 0.844. The lowest BCUT2D eigenvalue weighted by molar-refractivity contribution is -0.182. The molecule has 24 nitrogen and oxygen atoms in total. The first-order chi connectivity index (χ1) is 49.6. The van der Waals surface area contributed by atoms with Gasteiger partial charge < -0.3 is 60.0 Å². The van der Waals surface area contributed by atoms with Crippen LogP contribution in [-0.4, -0.2) is 263 Å². The molecule has 28 heteroatoms. The minimum Gasteiger partial charge on any atom is -0.343 e. The van der Waals surface area contributed by atoms with Gasteiger partial charge in [-0.05, 0) is 132 Å². The summed E-state index contributed by atoms with van der Waals surface area (Å²) >= 11 is 6.46. The molecule has 11 atom stereocenters. The standard InChI is InChI=1S/C77H126ClF3N12O12/c1-13-50(4)66-73(103)87(7)47-64(96)85(5)48-65(97)89(9)60(44-52-27-17-14-18-28-52)71(101)86(6)46-62(94)82-57(36-34-53-33-35-55(56(78)42-53)77(79,80)81)70(100)90(10)59(43-51-29-21-22-30-51)69(99)84-76(37-23-24-38-76)75(105)92(12)67(54-31-19-15-20-32-54)74(104)91(11)61(72(102)93-39-25-16-26-40-93)45-63(95)88(8)58(41-49(2)3)68(98)83-66/h49-61,66-67H,13-48H2,1-12H3,(H,82,94)(H,83,98)(H,84,99)/t50-,53?,55?,56?,57-,58-,59-,60-,61-,66-,67-/m0/s1. The number of likely N-dealkylation sites (tertiary alicyclic amines) is 1. The monoisotopic (exact) mass is 1500 g/mol. The highest BCUT2D eigenvalue weighted by atomic mass is 35.5. The Labute approximate surface area is 627 Å². The second-order valence-electron chi connectivity index (χ2n) is 32.9. The van der Waals surface area contributed by atoms with Crippen LogP contribution in [0.3, 0.4) is 0 Å². The summed E-state index contributed by atoms with van der Waals surface area (Å²) < 4.78 is 42.4. The Hall–Kier alpha value is -6.28. The van der Waals surface area contributed by atoms with Crippen LogP contribution in [0, 0.1) is 41.4 Å². The Kier molecular flexibility index (Phi) is 32.1. The second kappa shape index (κ2) is 39.2. The van der Waals surface area contributed by atoms with Gasteiger partial charge in [-0.15, -0.1) is 11.6 Å². The van der Waals surface area contributed by atoms with Gasteiger partial charge in [0.2, 0.25) is 70.9 Å². The van der Waals surface area contributed by atoms with Gasteiger partial charge >= 0.3 is 6.18 Å². The number of hydrogen-bond acceptors (Lipinski definition) is 12. The van der Waals surface area contributed by atoms with Crippen molar-refractivity contribution >= 4 is 82.5 Å². The summed E-state index contributed by atoms with van der Waals surface area (Å²) in [5, 5.41) is 7.77. The van der Waals surface area contributed by atoms with E-state index in [1.54, 1.807) is 18.9 Å². The van der Waals surface area contributed by atoms with Crippen LogP contribution in [0.1, 0.15) is 227 Å². The van der Waals surface area contributed by atoms with Gasteiger partial charge in [-0.1, -0.05) is 124 Å². The number of nitrogens with zero attached hydrogens (tertiary/aromatic N) is 9. The lowest BCUT2D eigenvalue weighted by Gasteiger charge is -2.44. The van der Waals surface area contributed by atoms with Gasteiger partial charge in [-0.25, -0.2) is 0 Å². The number of rotatable bonds is 13. The first-order valence-electron chi connectivity index (χ1n) is 39.6. The van der Waals surface area contributed by atoms with Crippen LogP contribution >= 0.6 is 11.6 Å². The molecule has 12 amide bonds. The number of hydrogen-bond donors (Lipinski definition) is 3. The third kappa shape index (κ3) is 22.7. The van der Waals surface area contributed by atoms with Gasteiger partial charge in [-0.3, -0.25) is 57.5 Å². The Morgan fingerprint density at radius 1 is 0.533 bits per heavy atom. The Bertz CT molecular complexity index is 3010. The lowest BCUT2D eigenvalue weighted by Crippen LogP contribution is -2.65. The van der Waals surface area contributed by atoms with E-state index < -0.39 is 174 Å². The maximum atomic E-state index is 16.0. The molecule has 7 fully saturated rings. The molecule has 0 aromatic heterocycles. The zero-order chi connectivity index (χ0) is 77.4. The molecule has 105 heavy (non-hydrogen) atoms. The van der Waals surface area contributed by atoms with E-state index in [1.807, 2.05) is 20.8 Å². The van der Waals surface area contributed by atoms with Crippen molar-refractivity contribution in [3.63, 3.8) is 0 Å². The molecule has 2 aliphatic heterocycles. The van der Waals surface area contributed by atoms with Gasteiger partial charge in [0.05, 0.1) is 32.0 Å². The molecule has 5 saturated carbocycles. The van der Waals surface area contributed by atoms with Crippen LogP contribution in [0.5, 0.6) is 0 Å². The molecule has 594 valence electrons. The SMILES string of the molecule is CC[C@H](C)[C@@H]1NC(=O)[C@H](CC(C)C)N(C)C(=O)C[C@@H](C(=O)N2CCCCC2)N(C)C(=O)[C@H](C2CCCCC2)N(C)C(=O)C2(CCCC2)NC(=O)[C@H](CC2CCCC2)N(C)C(=O)[C@H](CCC2CCC(C(F)(F)F)C(Cl)C2)NC(=O)CN(C)C(=O)[C@H](CC2CCCCC2)N(C)C(=O)CN(C)C(=O)CN(C)C1=O. The summed E-state index contributed by atoms with van der Waals surface area (Å²) in [7, 11) is 11.6. The molecule has 5 aliphatic carbocycles. The van der Waals surface area contributed by atoms with E-state index in [0.29, 0.717) is 58.0 Å². The van der Waals surface area contributed by atoms with Crippen LogP contribution in [-0.2, 0) is 57.5 Å². The van der Waals surface area contributed by atoms with Gasteiger partial charge in [0.15, 0.2) is 0 Å². The highest BCUT2D eigenvalue weighted by Crippen LogP contribution is 2.44. The van der Waals surface area contributed by atoms with Crippen molar-refractivity contribution in [3.8, 4) is 0 Å². The Morgan fingerprint density at radius 2 is 1.08 bits per heavy atom. The van der Waals surface area contributed by atoms with Crippen LogP contribution < -0.4 is 16.0 Å². The molecule has 0 bridgehead atoms. The average Bonchev–Trinajstić information content (AvgIpc) is 1.76. The summed E-state index contributed by atoms with van der Waals surface area (Å²) in [6.07, 6.45) is 10.8. The third-order valence-electron chi connectivity index (χ3n) is 24.8. The number of carbonyl (C=O) groups excluding carboxylic acids is 12. The van der Waals surface area contributed by atoms with Gasteiger partial charge in [0, 0.05) is 74.8 Å². The molecule has 0 radical (unpaired) electrons. The normalized spacial score (nSPS) is 29.7. The predicted molar refractivity (Wildman–Crippen MR) is 393 cm³/mol. The van der Waals surface area contributed by atoms with Crippen LogP contribution in [0.4, 0.5) is 13.2 Å². The first kappa shape index (κ1) is 86.0. The lowest BCUT2D eigenvalue weighted by atomic mass is 9.78. The van der Waals surface area contributed by atoms with Crippen LogP contribution in [0.25, 0.3) is 0 Å². The van der Waals surface area contributed by atoms with E-state index >= 15 is 28.8 Å². The summed E-state index contributed by atoms with van der Waals surface area (Å²) in [6.45, 7) is 6.52. The summed E-state index contributed by atoms with van der Waals surface area (Å²) in [5.41, 5.74) is -1.58. The number of alkyl halides is 4. The number of carbonyl (C=O) groups is 12. The van der Waals surface area contributed by atoms with Gasteiger partial charge in [0.25, 0.3) is 0 Å². The largest absolute Gasteiger partial charge is 0.393 e. The maximum absolute atomic E-state index is 16.0. The van der Waals surface area contributed by atoms with E-state index in [4.69, 9.17) is 11.6 Å². The van der Waals surface area contributed by atoms with Crippen LogP contribution in [0.2, 0.25) is 0 Å². The number of piperidine rings is 1. The van der Waals surface area contributed by atoms with E-state index in [-0.39, 0.29) is 87.9 Å². The van der Waals surface area contributed by atoms with E-state index in [0.717, 1.165) is 88.4 Å². The fourth-order valence-electron chi connectivity index (χ4n) is 17.7. The van der Waals surface area contributed by atoms with E-state index in [2.05, 4.69) is 16.0 Å². The van der Waals surface area contributed by atoms with E-state index in [1.165, 1.54) is 83.6 Å². The summed E-state index contributed by atoms with van der Waals surface area (Å²) in [5.74, 6) is -10.6. The van der Waals surface area contributed by atoms with Crippen molar-refractivity contribution < 1.29 is 70.7 Å². The number of amides is 12. The minimum atomic E-state index is -4.51. The van der Waals surface area contributed by atoms with Crippen molar-refractivity contribution in [2.45, 2.75) is 286 Å². The van der Waals surface area contributed by atoms with Crippen molar-refractivity contribution in [2.24, 2.45) is 41.4 Å². The van der Waals surface area contributed by atoms with Crippen molar-refractivity contribution in [3.05, 3.63) is 0 Å². The third-order valence-corrected chi connectivity index (χ3v) is 25.2. The molecular formula is C77H126ClF3N12O12. The number of halogens is 4. The molecule has 3 N–H and O–H groups in total. The molecule has 1 spiro atoms. The Balaban J connectivity index is 1.31. The molecule has 0 aromatic rings. The zero-order valence-electron chi connectivity index (χ0n) is 65.1. The minimum absolute atomic E-state index is 0.00303. The zero-order valence-corrected chi connectivity index (χ0v) is 65.8. The smallest absolute Gasteiger partial charge is 0.343 e. The molecule has 7 rings (SSSR count). The Morgan fingerprint density at radius 3 is 1.65 bits per heavy atom. The van der Waals surface area contributed by atoms with Crippen LogP contribution in [0.15, 0.2) is 0 Å². The van der Waals surface area contributed by atoms with Gasteiger partial charge in [-0.2, -0.15) is 13.2 Å². The second-order valence-corrected chi connectivity index (χ2v) is 33.5. The molecule has 3 unspecified atom stereocenters. The van der Waals surface area contributed by atoms with Crippen molar-refractivity contribution in [2.75, 3.05) is 89.1 Å². The van der Waals surface area contributed by atoms with E-state index in [9.17, 15) is 41.9 Å². The predicted octanol–water partition coefficient (Wildman–Crippen LogP) is 7.90. The quantitative estimate of drug-likeness (QED) is 0.149. The van der Waals surface area contributed by atoms with Crippen molar-refractivity contribution in [1.29, 1.82) is 0 Å². The summed E-state index contributed by atoms with van der Waals surface area (Å²) in [4.78, 5) is 193. The van der Waals surface area contributed by atoms with Gasteiger partial charge in [0.1, 0.15) is 47.8 Å².